The molecule has 6 nitrogen and oxygen atoms in total. The maximum atomic E-state index is 13.4. The third-order valence-corrected chi connectivity index (χ3v) is 5.60. The third-order valence-electron chi connectivity index (χ3n) is 5.60. The van der Waals surface area contributed by atoms with Gasteiger partial charge in [0.15, 0.2) is 0 Å². The van der Waals surface area contributed by atoms with E-state index >= 15 is 0 Å². The summed E-state index contributed by atoms with van der Waals surface area (Å²) in [4.78, 5) is 28.3. The first-order valence-corrected chi connectivity index (χ1v) is 10.2. The second-order valence-electron chi connectivity index (χ2n) is 7.58. The summed E-state index contributed by atoms with van der Waals surface area (Å²) >= 11 is 0. The SMILES string of the molecule is CO/N=C1/C[C@@H](c2nc3ccccc3[nH]2)N(C(=O)c2ccc(-c3ccccc3)cc2)C1. The molecule has 0 bridgehead atoms. The van der Waals surface area contributed by atoms with E-state index in [9.17, 15) is 4.79 Å². The molecule has 1 fully saturated rings. The first kappa shape index (κ1) is 19.1. The number of nitrogens with zero attached hydrogens (tertiary/aromatic N) is 3. The van der Waals surface area contributed by atoms with Gasteiger partial charge >= 0.3 is 0 Å². The van der Waals surface area contributed by atoms with Gasteiger partial charge in [0.25, 0.3) is 5.91 Å². The molecule has 0 aliphatic carbocycles. The highest BCUT2D eigenvalue weighted by Gasteiger charge is 2.36. The number of amides is 1. The molecular formula is C25H22N4O2. The lowest BCUT2D eigenvalue weighted by Gasteiger charge is -2.22. The van der Waals surface area contributed by atoms with Gasteiger partial charge in [0.05, 0.1) is 29.3 Å². The first-order valence-electron chi connectivity index (χ1n) is 10.2. The fourth-order valence-electron chi connectivity index (χ4n) is 4.09. The van der Waals surface area contributed by atoms with Crippen LogP contribution in [0, 0.1) is 0 Å². The van der Waals surface area contributed by atoms with Gasteiger partial charge in [-0.15, -0.1) is 0 Å². The summed E-state index contributed by atoms with van der Waals surface area (Å²) in [7, 11) is 1.52. The van der Waals surface area contributed by atoms with E-state index in [0.29, 0.717) is 18.5 Å². The monoisotopic (exact) mass is 410 g/mol. The van der Waals surface area contributed by atoms with Gasteiger partial charge in [0, 0.05) is 12.0 Å². The highest BCUT2D eigenvalue weighted by molar-refractivity contribution is 6.00. The molecule has 1 N–H and O–H groups in total. The minimum atomic E-state index is -0.220. The van der Waals surface area contributed by atoms with Gasteiger partial charge in [0.2, 0.25) is 0 Å². The van der Waals surface area contributed by atoms with Crippen LogP contribution in [0.25, 0.3) is 22.2 Å². The molecule has 1 aliphatic heterocycles. The van der Waals surface area contributed by atoms with Gasteiger partial charge in [0.1, 0.15) is 12.9 Å². The summed E-state index contributed by atoms with van der Waals surface area (Å²) < 4.78 is 0. The van der Waals surface area contributed by atoms with Crippen molar-refractivity contribution in [2.24, 2.45) is 5.16 Å². The maximum Gasteiger partial charge on any atom is 0.254 e. The molecule has 0 radical (unpaired) electrons. The number of hydrogen-bond donors (Lipinski definition) is 1. The van der Waals surface area contributed by atoms with Crippen LogP contribution in [0.1, 0.15) is 28.6 Å². The molecular weight excluding hydrogens is 388 g/mol. The van der Waals surface area contributed by atoms with Crippen molar-refractivity contribution in [3.05, 3.63) is 90.3 Å². The number of rotatable bonds is 4. The van der Waals surface area contributed by atoms with Gasteiger partial charge in [-0.1, -0.05) is 59.8 Å². The van der Waals surface area contributed by atoms with Crippen LogP contribution in [0.5, 0.6) is 0 Å². The van der Waals surface area contributed by atoms with Crippen molar-refractivity contribution in [3.8, 4) is 11.1 Å². The van der Waals surface area contributed by atoms with E-state index in [1.807, 2.05) is 71.6 Å². The maximum absolute atomic E-state index is 13.4. The Balaban J connectivity index is 1.45. The molecule has 0 saturated carbocycles. The number of aromatic amines is 1. The average Bonchev–Trinajstić information content (AvgIpc) is 3.44. The molecule has 31 heavy (non-hydrogen) atoms. The average molecular weight is 410 g/mol. The molecule has 6 heteroatoms. The van der Waals surface area contributed by atoms with Crippen LogP contribution in [-0.4, -0.2) is 40.1 Å². The Kier molecular flexibility index (Phi) is 4.96. The Bertz CT molecular complexity index is 1210. The second kappa shape index (κ2) is 8.07. The van der Waals surface area contributed by atoms with E-state index in [-0.39, 0.29) is 11.9 Å². The minimum absolute atomic E-state index is 0.0497. The number of likely N-dealkylation sites (tertiary alicyclic amines) is 1. The largest absolute Gasteiger partial charge is 0.399 e. The number of oxime groups is 1. The fourth-order valence-corrected chi connectivity index (χ4v) is 4.09. The molecule has 1 atom stereocenters. The van der Waals surface area contributed by atoms with E-state index in [0.717, 1.165) is 33.7 Å². The van der Waals surface area contributed by atoms with Crippen LogP contribution in [-0.2, 0) is 4.84 Å². The molecule has 0 spiro atoms. The molecule has 5 rings (SSSR count). The van der Waals surface area contributed by atoms with Crippen molar-refractivity contribution in [3.63, 3.8) is 0 Å². The Morgan fingerprint density at radius 3 is 2.45 bits per heavy atom. The molecule has 1 aromatic heterocycles. The number of para-hydroxylation sites is 2. The zero-order chi connectivity index (χ0) is 21.2. The smallest absolute Gasteiger partial charge is 0.254 e. The van der Waals surface area contributed by atoms with E-state index in [2.05, 4.69) is 22.3 Å². The first-order chi connectivity index (χ1) is 15.2. The van der Waals surface area contributed by atoms with E-state index in [1.54, 1.807) is 0 Å². The van der Waals surface area contributed by atoms with Crippen molar-refractivity contribution < 1.29 is 9.63 Å². The molecule has 1 amide bonds. The predicted octanol–water partition coefficient (Wildman–Crippen LogP) is 4.82. The Morgan fingerprint density at radius 2 is 1.71 bits per heavy atom. The van der Waals surface area contributed by atoms with Gasteiger partial charge in [-0.05, 0) is 35.4 Å². The van der Waals surface area contributed by atoms with E-state index < -0.39 is 0 Å². The zero-order valence-corrected chi connectivity index (χ0v) is 17.2. The number of hydrogen-bond acceptors (Lipinski definition) is 4. The number of carbonyl (C=O) groups is 1. The van der Waals surface area contributed by atoms with Crippen LogP contribution < -0.4 is 0 Å². The standard InChI is InChI=1S/C25H22N4O2/c1-31-28-20-15-23(24-26-21-9-5-6-10-22(21)27-24)29(16-20)25(30)19-13-11-18(12-14-19)17-7-3-2-4-8-17/h2-14,23H,15-16H2,1H3,(H,26,27)/b28-20-/t23-/m0/s1. The molecule has 2 heterocycles. The minimum Gasteiger partial charge on any atom is -0.399 e. The molecule has 4 aromatic rings. The summed E-state index contributed by atoms with van der Waals surface area (Å²) in [6, 6.07) is 25.5. The number of fused-ring (bicyclic) bond motifs is 1. The number of H-pyrrole nitrogens is 1. The Labute approximate surface area is 180 Å². The van der Waals surface area contributed by atoms with Crippen molar-refractivity contribution in [2.45, 2.75) is 12.5 Å². The quantitative estimate of drug-likeness (QED) is 0.491. The molecule has 154 valence electrons. The molecule has 3 aromatic carbocycles. The lowest BCUT2D eigenvalue weighted by Crippen LogP contribution is -2.31. The summed E-state index contributed by atoms with van der Waals surface area (Å²) in [5, 5.41) is 4.11. The predicted molar refractivity (Wildman–Crippen MR) is 121 cm³/mol. The highest BCUT2D eigenvalue weighted by atomic mass is 16.6. The number of nitrogens with one attached hydrogen (secondary N) is 1. The van der Waals surface area contributed by atoms with Crippen molar-refractivity contribution in [2.75, 3.05) is 13.7 Å². The topological polar surface area (TPSA) is 70.6 Å². The van der Waals surface area contributed by atoms with Crippen molar-refractivity contribution in [1.29, 1.82) is 0 Å². The fraction of sp³-hybridized carbons (Fsp3) is 0.160. The molecule has 1 aliphatic rings. The van der Waals surface area contributed by atoms with Crippen LogP contribution in [0.15, 0.2) is 84.0 Å². The Hall–Kier alpha value is -3.93. The van der Waals surface area contributed by atoms with Crippen LogP contribution in [0.3, 0.4) is 0 Å². The van der Waals surface area contributed by atoms with Crippen LogP contribution >= 0.6 is 0 Å². The van der Waals surface area contributed by atoms with Gasteiger partial charge < -0.3 is 14.7 Å². The summed E-state index contributed by atoms with van der Waals surface area (Å²) in [6.45, 7) is 0.412. The summed E-state index contributed by atoms with van der Waals surface area (Å²) in [5.41, 5.74) is 5.50. The normalized spacial score (nSPS) is 17.4. The number of carbonyl (C=O) groups excluding carboxylic acids is 1. The lowest BCUT2D eigenvalue weighted by atomic mass is 10.0. The highest BCUT2D eigenvalue weighted by Crippen LogP contribution is 2.32. The third kappa shape index (κ3) is 3.68. The van der Waals surface area contributed by atoms with E-state index in [4.69, 9.17) is 9.82 Å². The van der Waals surface area contributed by atoms with Crippen LogP contribution in [0.2, 0.25) is 0 Å². The Morgan fingerprint density at radius 1 is 1.00 bits per heavy atom. The van der Waals surface area contributed by atoms with Crippen molar-refractivity contribution >= 4 is 22.7 Å². The lowest BCUT2D eigenvalue weighted by molar-refractivity contribution is 0.0734. The van der Waals surface area contributed by atoms with Crippen molar-refractivity contribution in [1.82, 2.24) is 14.9 Å². The summed E-state index contributed by atoms with van der Waals surface area (Å²) in [5.74, 6) is 0.711. The number of imidazole rings is 1. The van der Waals surface area contributed by atoms with Gasteiger partial charge in [-0.3, -0.25) is 4.79 Å². The number of benzene rings is 3. The van der Waals surface area contributed by atoms with Crippen LogP contribution in [0.4, 0.5) is 0 Å². The number of aromatic nitrogens is 2. The molecule has 0 unspecified atom stereocenters. The van der Waals surface area contributed by atoms with Gasteiger partial charge in [-0.25, -0.2) is 4.98 Å². The van der Waals surface area contributed by atoms with E-state index in [1.165, 1.54) is 7.11 Å². The zero-order valence-electron chi connectivity index (χ0n) is 17.2. The summed E-state index contributed by atoms with van der Waals surface area (Å²) in [6.07, 6.45) is 0.585. The molecule has 1 saturated heterocycles. The van der Waals surface area contributed by atoms with Gasteiger partial charge in [-0.2, -0.15) is 0 Å². The second-order valence-corrected chi connectivity index (χ2v) is 7.58.